The minimum atomic E-state index is -0.288. The third kappa shape index (κ3) is 5.63. The lowest BCUT2D eigenvalue weighted by Gasteiger charge is -2.13. The average Bonchev–Trinajstić information content (AvgIpc) is 3.09. The van der Waals surface area contributed by atoms with Crippen LogP contribution in [0.2, 0.25) is 5.02 Å². The molecule has 3 aromatic carbocycles. The van der Waals surface area contributed by atoms with Crippen molar-refractivity contribution in [1.29, 1.82) is 0 Å². The van der Waals surface area contributed by atoms with Crippen LogP contribution in [0.5, 0.6) is 5.75 Å². The topological polar surface area (TPSA) is 58.6 Å². The number of benzene rings is 3. The molecule has 1 saturated heterocycles. The van der Waals surface area contributed by atoms with E-state index in [-0.39, 0.29) is 18.4 Å². The van der Waals surface area contributed by atoms with Gasteiger partial charge in [0.05, 0.1) is 10.6 Å². The zero-order valence-electron chi connectivity index (χ0n) is 17.6. The smallest absolute Gasteiger partial charge is 0.270 e. The van der Waals surface area contributed by atoms with Crippen molar-refractivity contribution in [1.82, 2.24) is 0 Å². The predicted molar refractivity (Wildman–Crippen MR) is 139 cm³/mol. The number of hydrogen-bond acceptors (Lipinski definition) is 5. The number of amides is 2. The molecule has 5 nitrogen and oxygen atoms in total. The Morgan fingerprint density at radius 3 is 2.55 bits per heavy atom. The highest BCUT2D eigenvalue weighted by Gasteiger charge is 2.33. The SMILES string of the molecule is Cc1ccc(NC(=O)COc2ccc(/C=C3\SC(=S)N(c4ccccc4)C3=O)cc2)cc1Cl. The van der Waals surface area contributed by atoms with Crippen LogP contribution in [-0.4, -0.2) is 22.7 Å². The number of halogens is 1. The van der Waals surface area contributed by atoms with E-state index in [4.69, 9.17) is 28.6 Å². The lowest BCUT2D eigenvalue weighted by Crippen LogP contribution is -2.27. The number of nitrogens with zero attached hydrogens (tertiary/aromatic N) is 1. The van der Waals surface area contributed by atoms with Crippen LogP contribution in [0.1, 0.15) is 11.1 Å². The largest absolute Gasteiger partial charge is 0.484 e. The van der Waals surface area contributed by atoms with Crippen molar-refractivity contribution < 1.29 is 14.3 Å². The van der Waals surface area contributed by atoms with Crippen molar-refractivity contribution in [2.24, 2.45) is 0 Å². The second kappa shape index (κ2) is 10.2. The van der Waals surface area contributed by atoms with E-state index in [9.17, 15) is 9.59 Å². The Labute approximate surface area is 206 Å². The van der Waals surface area contributed by atoms with Gasteiger partial charge in [-0.15, -0.1) is 0 Å². The summed E-state index contributed by atoms with van der Waals surface area (Å²) in [5, 5.41) is 3.34. The second-order valence-electron chi connectivity index (χ2n) is 7.22. The van der Waals surface area contributed by atoms with Gasteiger partial charge in [0.15, 0.2) is 10.9 Å². The second-order valence-corrected chi connectivity index (χ2v) is 9.31. The highest BCUT2D eigenvalue weighted by atomic mass is 35.5. The van der Waals surface area contributed by atoms with Gasteiger partial charge in [-0.25, -0.2) is 0 Å². The number of ether oxygens (including phenoxy) is 1. The van der Waals surface area contributed by atoms with Crippen LogP contribution in [0.15, 0.2) is 77.7 Å². The van der Waals surface area contributed by atoms with Crippen LogP contribution in [0.25, 0.3) is 6.08 Å². The first-order valence-corrected chi connectivity index (χ1v) is 11.6. The van der Waals surface area contributed by atoms with E-state index in [1.165, 1.54) is 16.7 Å². The highest BCUT2D eigenvalue weighted by Crippen LogP contribution is 2.36. The summed E-state index contributed by atoms with van der Waals surface area (Å²) >= 11 is 12.7. The molecular formula is C25H19ClN2O3S2. The zero-order chi connectivity index (χ0) is 23.4. The maximum atomic E-state index is 12.8. The van der Waals surface area contributed by atoms with E-state index < -0.39 is 0 Å². The van der Waals surface area contributed by atoms with Crippen molar-refractivity contribution in [3.8, 4) is 5.75 Å². The molecule has 2 amide bonds. The number of hydrogen-bond donors (Lipinski definition) is 1. The molecule has 1 heterocycles. The fourth-order valence-corrected chi connectivity index (χ4v) is 4.58. The standard InChI is InChI=1S/C25H19ClN2O3S2/c1-16-7-10-18(14-21(16)26)27-23(29)15-31-20-11-8-17(9-12-20)13-22-24(30)28(25(32)33-22)19-5-3-2-4-6-19/h2-14H,15H2,1H3,(H,27,29)/b22-13-. The summed E-state index contributed by atoms with van der Waals surface area (Å²) in [5.74, 6) is 0.106. The average molecular weight is 495 g/mol. The van der Waals surface area contributed by atoms with Crippen molar-refractivity contribution in [3.05, 3.63) is 93.9 Å². The number of carbonyl (C=O) groups excluding carboxylic acids is 2. The first-order valence-electron chi connectivity index (χ1n) is 10.0. The van der Waals surface area contributed by atoms with Gasteiger partial charge in [-0.1, -0.05) is 72.0 Å². The number of aryl methyl sites for hydroxylation is 1. The van der Waals surface area contributed by atoms with Gasteiger partial charge in [0.1, 0.15) is 5.75 Å². The fraction of sp³-hybridized carbons (Fsp3) is 0.0800. The Hall–Kier alpha value is -3.13. The molecule has 33 heavy (non-hydrogen) atoms. The molecule has 1 N–H and O–H groups in total. The lowest BCUT2D eigenvalue weighted by atomic mass is 10.2. The van der Waals surface area contributed by atoms with Gasteiger partial charge >= 0.3 is 0 Å². The van der Waals surface area contributed by atoms with Crippen LogP contribution < -0.4 is 15.0 Å². The van der Waals surface area contributed by atoms with Gasteiger partial charge in [-0.3, -0.25) is 14.5 Å². The van der Waals surface area contributed by atoms with Gasteiger partial charge in [0, 0.05) is 10.7 Å². The normalized spacial score (nSPS) is 14.6. The van der Waals surface area contributed by atoms with Gasteiger partial charge in [0.25, 0.3) is 11.8 Å². The number of thioether (sulfide) groups is 1. The number of carbonyl (C=O) groups is 2. The van der Waals surface area contributed by atoms with E-state index in [0.717, 1.165) is 16.8 Å². The molecule has 0 saturated carbocycles. The summed E-state index contributed by atoms with van der Waals surface area (Å²) in [5.41, 5.74) is 3.13. The van der Waals surface area contributed by atoms with Gasteiger partial charge in [-0.2, -0.15) is 0 Å². The maximum absolute atomic E-state index is 12.8. The molecular weight excluding hydrogens is 476 g/mol. The summed E-state index contributed by atoms with van der Waals surface area (Å²) in [4.78, 5) is 27.1. The Kier molecular flexibility index (Phi) is 7.13. The molecule has 0 aliphatic carbocycles. The summed E-state index contributed by atoms with van der Waals surface area (Å²) in [7, 11) is 0. The molecule has 0 unspecified atom stereocenters. The molecule has 0 bridgehead atoms. The van der Waals surface area contributed by atoms with Crippen molar-refractivity contribution >= 4 is 69.2 Å². The monoisotopic (exact) mass is 494 g/mol. The van der Waals surface area contributed by atoms with Crippen molar-refractivity contribution in [2.75, 3.05) is 16.8 Å². The summed E-state index contributed by atoms with van der Waals surface area (Å²) in [6.07, 6.45) is 1.79. The zero-order valence-corrected chi connectivity index (χ0v) is 20.0. The highest BCUT2D eigenvalue weighted by molar-refractivity contribution is 8.27. The number of anilines is 2. The Bertz CT molecular complexity index is 1240. The fourth-order valence-electron chi connectivity index (χ4n) is 3.10. The summed E-state index contributed by atoms with van der Waals surface area (Å²) < 4.78 is 6.06. The van der Waals surface area contributed by atoms with Gasteiger partial charge in [-0.05, 0) is 60.5 Å². The Morgan fingerprint density at radius 2 is 1.85 bits per heavy atom. The molecule has 0 radical (unpaired) electrons. The molecule has 1 fully saturated rings. The van der Waals surface area contributed by atoms with E-state index in [1.54, 1.807) is 30.3 Å². The van der Waals surface area contributed by atoms with E-state index in [0.29, 0.717) is 25.7 Å². The molecule has 0 spiro atoms. The van der Waals surface area contributed by atoms with Gasteiger partial charge in [0.2, 0.25) is 0 Å². The van der Waals surface area contributed by atoms with Crippen molar-refractivity contribution in [2.45, 2.75) is 6.92 Å². The van der Waals surface area contributed by atoms with Crippen LogP contribution in [0.4, 0.5) is 11.4 Å². The molecule has 166 valence electrons. The Morgan fingerprint density at radius 1 is 1.12 bits per heavy atom. The quantitative estimate of drug-likeness (QED) is 0.333. The molecule has 4 rings (SSSR count). The minimum Gasteiger partial charge on any atom is -0.484 e. The molecule has 1 aliphatic rings. The maximum Gasteiger partial charge on any atom is 0.270 e. The summed E-state index contributed by atoms with van der Waals surface area (Å²) in [6, 6.07) is 21.8. The van der Waals surface area contributed by atoms with E-state index >= 15 is 0 Å². The molecule has 8 heteroatoms. The third-order valence-corrected chi connectivity index (χ3v) is 6.52. The van der Waals surface area contributed by atoms with Crippen molar-refractivity contribution in [3.63, 3.8) is 0 Å². The van der Waals surface area contributed by atoms with Crippen LogP contribution >= 0.6 is 35.6 Å². The van der Waals surface area contributed by atoms with Crippen LogP contribution in [0.3, 0.4) is 0 Å². The first kappa shape index (κ1) is 23.0. The predicted octanol–water partition coefficient (Wildman–Crippen LogP) is 6.07. The number of para-hydroxylation sites is 1. The van der Waals surface area contributed by atoms with Gasteiger partial charge < -0.3 is 10.1 Å². The molecule has 0 atom stereocenters. The lowest BCUT2D eigenvalue weighted by molar-refractivity contribution is -0.118. The third-order valence-electron chi connectivity index (χ3n) is 4.81. The number of rotatable bonds is 6. The van der Waals surface area contributed by atoms with Crippen LogP contribution in [-0.2, 0) is 9.59 Å². The molecule has 0 aromatic heterocycles. The number of nitrogens with one attached hydrogen (secondary N) is 1. The first-order chi connectivity index (χ1) is 15.9. The number of thiocarbonyl (C=S) groups is 1. The minimum absolute atomic E-state index is 0.138. The molecule has 3 aromatic rings. The van der Waals surface area contributed by atoms with E-state index in [1.807, 2.05) is 55.5 Å². The Balaban J connectivity index is 1.36. The molecule has 1 aliphatic heterocycles. The van der Waals surface area contributed by atoms with E-state index in [2.05, 4.69) is 5.32 Å². The summed E-state index contributed by atoms with van der Waals surface area (Å²) in [6.45, 7) is 1.76. The van der Waals surface area contributed by atoms with Crippen LogP contribution in [0, 0.1) is 6.92 Å².